The largest absolute Gasteiger partial charge is 0.332 e. The highest BCUT2D eigenvalue weighted by molar-refractivity contribution is 7.08. The van der Waals surface area contributed by atoms with E-state index in [1.165, 1.54) is 38.2 Å². The first-order valence-corrected chi connectivity index (χ1v) is 15.6. The van der Waals surface area contributed by atoms with E-state index in [1.54, 1.807) is 22.7 Å². The van der Waals surface area contributed by atoms with E-state index >= 15 is 0 Å². The van der Waals surface area contributed by atoms with Gasteiger partial charge in [0.2, 0.25) is 6.04 Å². The van der Waals surface area contributed by atoms with Crippen LogP contribution in [-0.4, -0.2) is 9.55 Å². The summed E-state index contributed by atoms with van der Waals surface area (Å²) in [4.78, 5) is 7.87. The number of thiophene rings is 2. The number of imidazole rings is 1. The second kappa shape index (κ2) is 14.4. The maximum atomic E-state index is 6.71. The fraction of sp³-hybridized carbons (Fsp3) is 0.111. The number of hydrogen-bond acceptors (Lipinski definition) is 4. The normalized spacial score (nSPS) is 11.2. The van der Waals surface area contributed by atoms with Crippen molar-refractivity contribution >= 4 is 44.2 Å². The van der Waals surface area contributed by atoms with Crippen molar-refractivity contribution in [1.29, 1.82) is 0 Å². The number of nitrogens with two attached hydrogens (primary N) is 1. The molecule has 7 rings (SSSR count). The van der Waals surface area contributed by atoms with Crippen molar-refractivity contribution < 1.29 is 0 Å². The highest BCUT2D eigenvalue weighted by atomic mass is 32.1. The molecule has 0 saturated heterocycles. The van der Waals surface area contributed by atoms with Crippen molar-refractivity contribution in [3.63, 3.8) is 0 Å². The lowest BCUT2D eigenvalue weighted by atomic mass is 10.1. The molecule has 7 aromatic rings. The van der Waals surface area contributed by atoms with Crippen LogP contribution in [0.1, 0.15) is 29.7 Å². The smallest absolute Gasteiger partial charge is 0.246 e. The van der Waals surface area contributed by atoms with Gasteiger partial charge in [0, 0.05) is 48.1 Å². The van der Waals surface area contributed by atoms with Gasteiger partial charge in [-0.25, -0.2) is 11.6 Å². The van der Waals surface area contributed by atoms with Crippen molar-refractivity contribution in [2.75, 3.05) is 0 Å². The van der Waals surface area contributed by atoms with E-state index in [1.807, 2.05) is 42.2 Å². The van der Waals surface area contributed by atoms with Crippen LogP contribution in [0, 0.1) is 6.57 Å². The third kappa shape index (κ3) is 7.59. The Bertz CT molecular complexity index is 1880. The maximum Gasteiger partial charge on any atom is 0.246 e. The summed E-state index contributed by atoms with van der Waals surface area (Å²) in [5.41, 5.74) is 11.4. The van der Waals surface area contributed by atoms with Gasteiger partial charge in [-0.1, -0.05) is 72.8 Å². The van der Waals surface area contributed by atoms with Crippen molar-refractivity contribution in [2.24, 2.45) is 5.73 Å². The Kier molecular flexibility index (Phi) is 9.92. The number of benzene rings is 4. The molecule has 0 bridgehead atoms. The van der Waals surface area contributed by atoms with Crippen LogP contribution in [0.4, 0.5) is 0 Å². The molecule has 0 fully saturated rings. The molecule has 0 aliphatic rings. The molecule has 0 radical (unpaired) electrons. The molecule has 0 amide bonds. The fourth-order valence-corrected chi connectivity index (χ4v) is 5.90. The Hall–Kier alpha value is -4.54. The van der Waals surface area contributed by atoms with Crippen LogP contribution in [0.15, 0.2) is 131 Å². The molecule has 0 aliphatic heterocycles. The third-order valence-corrected chi connectivity index (χ3v) is 8.28. The first kappa shape index (κ1) is 29.0. The third-order valence-electron chi connectivity index (χ3n) is 6.90. The van der Waals surface area contributed by atoms with E-state index in [2.05, 4.69) is 110 Å². The minimum atomic E-state index is 0.0382. The van der Waals surface area contributed by atoms with Gasteiger partial charge in [0.15, 0.2) is 0 Å². The minimum absolute atomic E-state index is 0.0382. The summed E-state index contributed by atoms with van der Waals surface area (Å²) in [5, 5.41) is 13.3. The van der Waals surface area contributed by atoms with Gasteiger partial charge in [0.1, 0.15) is 0 Å². The molecule has 3 heterocycles. The molecule has 6 heteroatoms. The molecular formula is C36H32N4S2. The number of rotatable bonds is 5. The average molecular weight is 585 g/mol. The molecule has 4 aromatic carbocycles. The zero-order chi connectivity index (χ0) is 29.1. The Morgan fingerprint density at radius 3 is 2.00 bits per heavy atom. The van der Waals surface area contributed by atoms with Crippen LogP contribution in [0.3, 0.4) is 0 Å². The van der Waals surface area contributed by atoms with Gasteiger partial charge in [0.25, 0.3) is 0 Å². The number of aromatic nitrogens is 2. The second-order valence-electron chi connectivity index (χ2n) is 9.87. The summed E-state index contributed by atoms with van der Waals surface area (Å²) in [7, 11) is 0. The van der Waals surface area contributed by atoms with E-state index in [4.69, 9.17) is 12.3 Å². The van der Waals surface area contributed by atoms with Crippen LogP contribution in [-0.2, 0) is 13.1 Å². The highest BCUT2D eigenvalue weighted by Crippen LogP contribution is 2.22. The lowest BCUT2D eigenvalue weighted by Gasteiger charge is -2.04. The second-order valence-corrected chi connectivity index (χ2v) is 11.4. The average Bonchev–Trinajstić information content (AvgIpc) is 3.85. The summed E-state index contributed by atoms with van der Waals surface area (Å²) in [6.45, 7) is 10.1. The molecule has 208 valence electrons. The molecule has 4 nitrogen and oxygen atoms in total. The first-order valence-electron chi connectivity index (χ1n) is 13.7. The molecule has 2 N–H and O–H groups in total. The van der Waals surface area contributed by atoms with Crippen molar-refractivity contribution in [2.45, 2.75) is 26.1 Å². The topological polar surface area (TPSA) is 48.2 Å². The lowest BCUT2D eigenvalue weighted by Crippen LogP contribution is -1.96. The van der Waals surface area contributed by atoms with Crippen molar-refractivity contribution in [3.8, 4) is 11.3 Å². The van der Waals surface area contributed by atoms with Crippen LogP contribution < -0.4 is 5.73 Å². The standard InChI is InChI=1S/C18H14N2S.C11H11N.C7H7NS/c1-2-4-16-9-14(5-6-15(16)3-1)10-20-11-18(19-13-20)17-7-8-21-12-17;12-8-9-5-6-10-3-1-2-4-11(10)7-9;1-6(8-2)7-3-4-9-5-7/h1-9,11-13H,10H2;1-7H,8,12H2;3-6H,1H3. The summed E-state index contributed by atoms with van der Waals surface area (Å²) >= 11 is 3.34. The molecule has 1 unspecified atom stereocenters. The molecular weight excluding hydrogens is 553 g/mol. The molecule has 3 aromatic heterocycles. The summed E-state index contributed by atoms with van der Waals surface area (Å²) in [6.07, 6.45) is 4.01. The zero-order valence-electron chi connectivity index (χ0n) is 23.4. The lowest BCUT2D eigenvalue weighted by molar-refractivity contribution is 0.798. The van der Waals surface area contributed by atoms with Crippen molar-refractivity contribution in [1.82, 2.24) is 9.55 Å². The predicted molar refractivity (Wildman–Crippen MR) is 180 cm³/mol. The Balaban J connectivity index is 0.000000142. The van der Waals surface area contributed by atoms with Gasteiger partial charge < -0.3 is 15.1 Å². The Labute approximate surface area is 255 Å². The van der Waals surface area contributed by atoms with E-state index in [0.717, 1.165) is 17.8 Å². The van der Waals surface area contributed by atoms with E-state index in [9.17, 15) is 0 Å². The summed E-state index contributed by atoms with van der Waals surface area (Å²) in [5.74, 6) is 0. The summed E-state index contributed by atoms with van der Waals surface area (Å²) < 4.78 is 2.14. The molecule has 0 spiro atoms. The molecule has 0 aliphatic carbocycles. The Morgan fingerprint density at radius 1 is 0.786 bits per heavy atom. The van der Waals surface area contributed by atoms with E-state index in [-0.39, 0.29) is 6.04 Å². The van der Waals surface area contributed by atoms with E-state index < -0.39 is 0 Å². The minimum Gasteiger partial charge on any atom is -0.332 e. The van der Waals surface area contributed by atoms with Crippen LogP contribution in [0.25, 0.3) is 37.6 Å². The predicted octanol–water partition coefficient (Wildman–Crippen LogP) is 9.84. The van der Waals surface area contributed by atoms with Crippen LogP contribution >= 0.6 is 22.7 Å². The quantitative estimate of drug-likeness (QED) is 0.205. The van der Waals surface area contributed by atoms with Gasteiger partial charge in [-0.2, -0.15) is 22.7 Å². The molecule has 42 heavy (non-hydrogen) atoms. The van der Waals surface area contributed by atoms with Crippen LogP contribution in [0.2, 0.25) is 0 Å². The van der Waals surface area contributed by atoms with Gasteiger partial charge >= 0.3 is 0 Å². The number of fused-ring (bicyclic) bond motifs is 2. The Morgan fingerprint density at radius 2 is 1.40 bits per heavy atom. The van der Waals surface area contributed by atoms with Crippen molar-refractivity contribution in [3.05, 3.63) is 159 Å². The monoisotopic (exact) mass is 584 g/mol. The molecule has 1 atom stereocenters. The van der Waals surface area contributed by atoms with Gasteiger partial charge in [-0.3, -0.25) is 0 Å². The van der Waals surface area contributed by atoms with Gasteiger partial charge in [0.05, 0.1) is 12.0 Å². The van der Waals surface area contributed by atoms with Gasteiger partial charge in [-0.15, -0.1) is 0 Å². The number of hydrogen-bond donors (Lipinski definition) is 1. The van der Waals surface area contributed by atoms with Gasteiger partial charge in [-0.05, 0) is 67.7 Å². The highest BCUT2D eigenvalue weighted by Gasteiger charge is 2.06. The number of nitrogens with zero attached hydrogens (tertiary/aromatic N) is 3. The van der Waals surface area contributed by atoms with Crippen LogP contribution in [0.5, 0.6) is 0 Å². The fourth-order valence-electron chi connectivity index (χ4n) is 4.51. The molecule has 0 saturated carbocycles. The maximum absolute atomic E-state index is 6.71. The first-order chi connectivity index (χ1) is 20.6. The van der Waals surface area contributed by atoms with E-state index in [0.29, 0.717) is 6.54 Å². The zero-order valence-corrected chi connectivity index (χ0v) is 25.1. The SMILES string of the molecule is NCc1ccc2ccccc2c1.[C-]#[N+]C(C)c1ccsc1.c1ccc2cc(Cn3cnc(-c4ccsc4)c3)ccc2c1. The summed E-state index contributed by atoms with van der Waals surface area (Å²) in [6, 6.07) is 33.8.